The average molecular weight is 298 g/mol. The summed E-state index contributed by atoms with van der Waals surface area (Å²) in [6, 6.07) is 2.04. The molecule has 1 aromatic heterocycles. The van der Waals surface area contributed by atoms with Gasteiger partial charge in [0.2, 0.25) is 0 Å². The minimum atomic E-state index is -0.452. The molecule has 110 valence electrons. The Labute approximate surface area is 124 Å². The van der Waals surface area contributed by atoms with Gasteiger partial charge in [-0.15, -0.1) is 0 Å². The first-order valence-corrected chi connectivity index (χ1v) is 6.99. The molecular formula is C14H20ClN3O2. The van der Waals surface area contributed by atoms with Crippen LogP contribution in [0.4, 0.5) is 10.5 Å². The van der Waals surface area contributed by atoms with E-state index in [0.29, 0.717) is 18.2 Å². The first-order chi connectivity index (χ1) is 9.24. The van der Waals surface area contributed by atoms with Crippen LogP contribution >= 0.6 is 11.6 Å². The lowest BCUT2D eigenvalue weighted by Crippen LogP contribution is -2.58. The van der Waals surface area contributed by atoms with E-state index >= 15 is 0 Å². The van der Waals surface area contributed by atoms with Gasteiger partial charge in [0.25, 0.3) is 0 Å². The van der Waals surface area contributed by atoms with Crippen LogP contribution in [0.2, 0.25) is 5.15 Å². The molecule has 6 heteroatoms. The lowest BCUT2D eigenvalue weighted by atomic mass is 10.1. The molecule has 2 heterocycles. The van der Waals surface area contributed by atoms with Crippen LogP contribution < -0.4 is 5.32 Å². The van der Waals surface area contributed by atoms with E-state index in [1.165, 1.54) is 0 Å². The van der Waals surface area contributed by atoms with E-state index in [1.54, 1.807) is 11.1 Å². The van der Waals surface area contributed by atoms with E-state index in [-0.39, 0.29) is 12.1 Å². The van der Waals surface area contributed by atoms with Crippen molar-refractivity contribution < 1.29 is 9.53 Å². The predicted octanol–water partition coefficient (Wildman–Crippen LogP) is 3.07. The molecule has 0 radical (unpaired) electrons. The summed E-state index contributed by atoms with van der Waals surface area (Å²) in [5.41, 5.74) is 1.54. The Kier molecular flexibility index (Phi) is 4.09. The fourth-order valence-corrected chi connectivity index (χ4v) is 2.15. The van der Waals surface area contributed by atoms with Crippen molar-refractivity contribution in [1.29, 1.82) is 0 Å². The van der Waals surface area contributed by atoms with Gasteiger partial charge in [-0.2, -0.15) is 0 Å². The summed E-state index contributed by atoms with van der Waals surface area (Å²) in [7, 11) is 0. The number of nitrogens with zero attached hydrogens (tertiary/aromatic N) is 2. The fourth-order valence-electron chi connectivity index (χ4n) is 1.94. The molecule has 0 atom stereocenters. The van der Waals surface area contributed by atoms with Crippen LogP contribution in [0.5, 0.6) is 0 Å². The molecule has 1 aliphatic rings. The molecule has 2 rings (SSSR count). The molecule has 20 heavy (non-hydrogen) atoms. The topological polar surface area (TPSA) is 54.5 Å². The van der Waals surface area contributed by atoms with Crippen LogP contribution in [0, 0.1) is 6.92 Å². The number of carbonyl (C=O) groups is 1. The number of aromatic nitrogens is 1. The SMILES string of the molecule is Cc1cc(Cl)ncc1NC1CN(C(=O)OC(C)(C)C)C1. The van der Waals surface area contributed by atoms with Crippen LogP contribution in [0.1, 0.15) is 26.3 Å². The molecule has 1 saturated heterocycles. The third-order valence-corrected chi connectivity index (χ3v) is 3.18. The fraction of sp³-hybridized carbons (Fsp3) is 0.571. The summed E-state index contributed by atoms with van der Waals surface area (Å²) < 4.78 is 5.31. The largest absolute Gasteiger partial charge is 0.444 e. The molecule has 1 amide bonds. The van der Waals surface area contributed by atoms with Gasteiger partial charge < -0.3 is 15.0 Å². The number of hydrogen-bond acceptors (Lipinski definition) is 4. The second-order valence-electron chi connectivity index (χ2n) is 6.05. The standard InChI is InChI=1S/C14H20ClN3O2/c1-9-5-12(15)16-6-11(9)17-10-7-18(8-10)13(19)20-14(2,3)4/h5-6,10,17H,7-8H2,1-4H3. The molecule has 0 aliphatic carbocycles. The summed E-state index contributed by atoms with van der Waals surface area (Å²) in [6.07, 6.45) is 1.45. The second kappa shape index (κ2) is 5.48. The van der Waals surface area contributed by atoms with Crippen LogP contribution in [0.3, 0.4) is 0 Å². The van der Waals surface area contributed by atoms with E-state index in [1.807, 2.05) is 33.8 Å². The Bertz CT molecular complexity index is 508. The maximum atomic E-state index is 11.8. The third kappa shape index (κ3) is 3.76. The van der Waals surface area contributed by atoms with Crippen molar-refractivity contribution in [3.8, 4) is 0 Å². The lowest BCUT2D eigenvalue weighted by molar-refractivity contribution is 0.0105. The maximum Gasteiger partial charge on any atom is 0.410 e. The summed E-state index contributed by atoms with van der Waals surface area (Å²) in [6.45, 7) is 8.84. The first-order valence-electron chi connectivity index (χ1n) is 6.61. The zero-order chi connectivity index (χ0) is 14.9. The summed E-state index contributed by atoms with van der Waals surface area (Å²) in [4.78, 5) is 17.5. The molecule has 0 aromatic carbocycles. The summed E-state index contributed by atoms with van der Waals surface area (Å²) in [5, 5.41) is 3.83. The molecule has 0 unspecified atom stereocenters. The van der Waals surface area contributed by atoms with Gasteiger partial charge in [0, 0.05) is 13.1 Å². The zero-order valence-electron chi connectivity index (χ0n) is 12.2. The number of halogens is 1. The smallest absolute Gasteiger partial charge is 0.410 e. The Balaban J connectivity index is 1.83. The molecule has 0 spiro atoms. The Morgan fingerprint density at radius 2 is 2.15 bits per heavy atom. The molecule has 5 nitrogen and oxygen atoms in total. The van der Waals surface area contributed by atoms with Crippen LogP contribution in [0.25, 0.3) is 0 Å². The van der Waals surface area contributed by atoms with Crippen molar-refractivity contribution in [2.75, 3.05) is 18.4 Å². The van der Waals surface area contributed by atoms with E-state index in [4.69, 9.17) is 16.3 Å². The number of rotatable bonds is 2. The van der Waals surface area contributed by atoms with Crippen LogP contribution in [-0.2, 0) is 4.74 Å². The van der Waals surface area contributed by atoms with E-state index in [9.17, 15) is 4.79 Å². The zero-order valence-corrected chi connectivity index (χ0v) is 13.0. The Morgan fingerprint density at radius 3 is 2.70 bits per heavy atom. The van der Waals surface area contributed by atoms with Gasteiger partial charge in [-0.1, -0.05) is 11.6 Å². The summed E-state index contributed by atoms with van der Waals surface area (Å²) >= 11 is 5.82. The molecule has 0 bridgehead atoms. The van der Waals surface area contributed by atoms with Gasteiger partial charge in [-0.25, -0.2) is 9.78 Å². The van der Waals surface area contributed by atoms with Crippen molar-refractivity contribution in [3.63, 3.8) is 0 Å². The minimum absolute atomic E-state index is 0.226. The highest BCUT2D eigenvalue weighted by atomic mass is 35.5. The second-order valence-corrected chi connectivity index (χ2v) is 6.44. The maximum absolute atomic E-state index is 11.8. The molecule has 1 aliphatic heterocycles. The molecule has 0 saturated carbocycles. The molecule has 1 N–H and O–H groups in total. The number of anilines is 1. The van der Waals surface area contributed by atoms with Gasteiger partial charge in [0.1, 0.15) is 10.8 Å². The van der Waals surface area contributed by atoms with Crippen LogP contribution in [0.15, 0.2) is 12.3 Å². The first kappa shape index (κ1) is 14.9. The highest BCUT2D eigenvalue weighted by Crippen LogP contribution is 2.21. The normalized spacial score (nSPS) is 15.8. The molecule has 1 aromatic rings. The van der Waals surface area contributed by atoms with Crippen molar-refractivity contribution in [2.24, 2.45) is 0 Å². The number of nitrogens with one attached hydrogen (secondary N) is 1. The molecular weight excluding hydrogens is 278 g/mol. The highest BCUT2D eigenvalue weighted by Gasteiger charge is 2.33. The number of aryl methyl sites for hydroxylation is 1. The number of pyridine rings is 1. The highest BCUT2D eigenvalue weighted by molar-refractivity contribution is 6.29. The van der Waals surface area contributed by atoms with Crippen molar-refractivity contribution in [1.82, 2.24) is 9.88 Å². The molecule has 1 fully saturated rings. The van der Waals surface area contributed by atoms with E-state index in [0.717, 1.165) is 11.3 Å². The van der Waals surface area contributed by atoms with Gasteiger partial charge in [-0.05, 0) is 39.3 Å². The summed E-state index contributed by atoms with van der Waals surface area (Å²) in [5.74, 6) is 0. The number of hydrogen-bond donors (Lipinski definition) is 1. The van der Waals surface area contributed by atoms with Crippen molar-refractivity contribution in [2.45, 2.75) is 39.3 Å². The van der Waals surface area contributed by atoms with Gasteiger partial charge in [0.15, 0.2) is 0 Å². The number of amides is 1. The van der Waals surface area contributed by atoms with Gasteiger partial charge >= 0.3 is 6.09 Å². The lowest BCUT2D eigenvalue weighted by Gasteiger charge is -2.40. The average Bonchev–Trinajstić information content (AvgIpc) is 2.22. The number of likely N-dealkylation sites (tertiary alicyclic amines) is 1. The quantitative estimate of drug-likeness (QED) is 0.852. The van der Waals surface area contributed by atoms with E-state index < -0.39 is 5.60 Å². The van der Waals surface area contributed by atoms with E-state index in [2.05, 4.69) is 10.3 Å². The predicted molar refractivity (Wildman–Crippen MR) is 79.2 cm³/mol. The number of carbonyl (C=O) groups excluding carboxylic acids is 1. The Morgan fingerprint density at radius 1 is 1.50 bits per heavy atom. The van der Waals surface area contributed by atoms with Crippen LogP contribution in [-0.4, -0.2) is 40.7 Å². The van der Waals surface area contributed by atoms with Crippen molar-refractivity contribution >= 4 is 23.4 Å². The minimum Gasteiger partial charge on any atom is -0.444 e. The monoisotopic (exact) mass is 297 g/mol. The third-order valence-electron chi connectivity index (χ3n) is 2.97. The van der Waals surface area contributed by atoms with Gasteiger partial charge in [0.05, 0.1) is 17.9 Å². The Hall–Kier alpha value is -1.49. The van der Waals surface area contributed by atoms with Gasteiger partial charge in [-0.3, -0.25) is 0 Å². The van der Waals surface area contributed by atoms with Crippen molar-refractivity contribution in [3.05, 3.63) is 23.0 Å². The number of ether oxygens (including phenoxy) is 1.